The third kappa shape index (κ3) is 8.47. The van der Waals surface area contributed by atoms with Gasteiger partial charge in [0, 0.05) is 12.6 Å². The third-order valence-electron chi connectivity index (χ3n) is 3.87. The van der Waals surface area contributed by atoms with E-state index in [4.69, 9.17) is 0 Å². The first-order valence-electron chi connectivity index (χ1n) is 8.41. The van der Waals surface area contributed by atoms with E-state index in [1.54, 1.807) is 12.3 Å². The van der Waals surface area contributed by atoms with Crippen LogP contribution in [0, 0.1) is 0 Å². The first-order valence-corrected chi connectivity index (χ1v) is 9.31. The molecule has 1 rings (SSSR count). The Balaban J connectivity index is 0.00000211. The van der Waals surface area contributed by atoms with E-state index in [2.05, 4.69) is 44.7 Å². The molecule has 0 aliphatic heterocycles. The van der Waals surface area contributed by atoms with Crippen molar-refractivity contribution >= 4 is 18.5 Å². The van der Waals surface area contributed by atoms with Crippen LogP contribution in [0.4, 0.5) is 0 Å². The summed E-state index contributed by atoms with van der Waals surface area (Å²) in [6.45, 7) is 7.12. The first-order chi connectivity index (χ1) is 10.7. The van der Waals surface area contributed by atoms with E-state index in [9.17, 15) is 4.79 Å². The number of allylic oxidation sites excluding steroid dienone is 4. The summed E-state index contributed by atoms with van der Waals surface area (Å²) >= 11 is 3.53. The van der Waals surface area contributed by atoms with Crippen molar-refractivity contribution in [2.45, 2.75) is 65.3 Å². The summed E-state index contributed by atoms with van der Waals surface area (Å²) in [4.78, 5) is 14.3. The number of rotatable bonds is 8. The fraction of sp³-hybridized carbons (Fsp3) is 0.632. The van der Waals surface area contributed by atoms with Gasteiger partial charge in [-0.3, -0.25) is 4.79 Å². The Kier molecular flexibility index (Phi) is 13.1. The van der Waals surface area contributed by atoms with Gasteiger partial charge in [-0.05, 0) is 51.9 Å². The monoisotopic (exact) mass is 323 g/mol. The number of amides is 1. The Hall–Kier alpha value is -0.960. The van der Waals surface area contributed by atoms with E-state index in [-0.39, 0.29) is 5.91 Å². The fourth-order valence-corrected chi connectivity index (χ4v) is 2.57. The standard InChI is InChI=1S/C18H29NO.CH4S/c1-4-6-11-16(3)19(18(20)10-5-2)15-14-17-12-8-7-9-13-17;1-2/h5,7-8,10,12,16H,4,6,9,11,13-15H2,1-3H3;2H,1H3/b10-5-;/t16-;/m0./s1. The van der Waals surface area contributed by atoms with Crippen LogP contribution >= 0.6 is 12.6 Å². The zero-order valence-corrected chi connectivity index (χ0v) is 15.6. The molecule has 0 saturated carbocycles. The van der Waals surface area contributed by atoms with Crippen LogP contribution in [0.15, 0.2) is 36.0 Å². The molecule has 1 amide bonds. The molecule has 0 N–H and O–H groups in total. The van der Waals surface area contributed by atoms with Crippen molar-refractivity contribution in [1.29, 1.82) is 0 Å². The topological polar surface area (TPSA) is 20.3 Å². The van der Waals surface area contributed by atoms with E-state index in [0.29, 0.717) is 6.04 Å². The molecule has 2 nitrogen and oxygen atoms in total. The Morgan fingerprint density at radius 3 is 2.73 bits per heavy atom. The minimum absolute atomic E-state index is 0.156. The minimum atomic E-state index is 0.156. The summed E-state index contributed by atoms with van der Waals surface area (Å²) in [5, 5.41) is 0. The lowest BCUT2D eigenvalue weighted by atomic mass is 10.0. The van der Waals surface area contributed by atoms with Crippen LogP contribution in [0.5, 0.6) is 0 Å². The lowest BCUT2D eigenvalue weighted by molar-refractivity contribution is -0.128. The predicted octanol–water partition coefficient (Wildman–Crippen LogP) is 5.18. The van der Waals surface area contributed by atoms with Gasteiger partial charge in [0.2, 0.25) is 5.91 Å². The van der Waals surface area contributed by atoms with Gasteiger partial charge in [-0.2, -0.15) is 12.6 Å². The molecular weight excluding hydrogens is 290 g/mol. The average Bonchev–Trinajstić information content (AvgIpc) is 2.56. The summed E-state index contributed by atoms with van der Waals surface area (Å²) in [6, 6.07) is 0.332. The molecule has 0 heterocycles. The van der Waals surface area contributed by atoms with Gasteiger partial charge in [0.1, 0.15) is 0 Å². The van der Waals surface area contributed by atoms with Crippen LogP contribution in [0.2, 0.25) is 0 Å². The van der Waals surface area contributed by atoms with Crippen LogP contribution < -0.4 is 0 Å². The molecule has 1 atom stereocenters. The van der Waals surface area contributed by atoms with Gasteiger partial charge < -0.3 is 4.90 Å². The molecule has 0 spiro atoms. The Morgan fingerprint density at radius 2 is 2.18 bits per heavy atom. The molecule has 0 unspecified atom stereocenters. The number of hydrogen-bond acceptors (Lipinski definition) is 2. The molecule has 0 saturated heterocycles. The SMILES string of the molecule is C/C=C\C(=O)N(CCC1=CC=CCC1)[C@@H](C)CCCC.CS. The number of carbonyl (C=O) groups excluding carboxylic acids is 1. The van der Waals surface area contributed by atoms with Crippen LogP contribution in [0.25, 0.3) is 0 Å². The number of nitrogens with zero attached hydrogens (tertiary/aromatic N) is 1. The average molecular weight is 324 g/mol. The molecule has 0 fully saturated rings. The summed E-state index contributed by atoms with van der Waals surface area (Å²) in [5.41, 5.74) is 1.47. The summed E-state index contributed by atoms with van der Waals surface area (Å²) < 4.78 is 0. The molecule has 1 aliphatic rings. The highest BCUT2D eigenvalue weighted by molar-refractivity contribution is 7.79. The highest BCUT2D eigenvalue weighted by Gasteiger charge is 2.17. The number of hydrogen-bond donors (Lipinski definition) is 1. The maximum atomic E-state index is 12.2. The molecule has 3 heteroatoms. The van der Waals surface area contributed by atoms with Crippen LogP contribution in [-0.2, 0) is 4.79 Å². The normalized spacial score (nSPS) is 15.0. The molecule has 0 aromatic heterocycles. The van der Waals surface area contributed by atoms with Crippen LogP contribution in [0.3, 0.4) is 0 Å². The summed E-state index contributed by atoms with van der Waals surface area (Å²) in [7, 11) is 0. The fourth-order valence-electron chi connectivity index (χ4n) is 2.57. The molecular formula is C19H33NOS. The van der Waals surface area contributed by atoms with E-state index in [0.717, 1.165) is 32.2 Å². The van der Waals surface area contributed by atoms with Crippen molar-refractivity contribution < 1.29 is 4.79 Å². The quantitative estimate of drug-likeness (QED) is 0.482. The highest BCUT2D eigenvalue weighted by atomic mass is 32.1. The lowest BCUT2D eigenvalue weighted by Gasteiger charge is -2.29. The first kappa shape index (κ1) is 21.0. The number of unbranched alkanes of at least 4 members (excludes halogenated alkanes) is 1. The summed E-state index contributed by atoms with van der Waals surface area (Å²) in [5.74, 6) is 0.156. The van der Waals surface area contributed by atoms with Gasteiger partial charge in [0.15, 0.2) is 0 Å². The molecule has 1 aliphatic carbocycles. The zero-order valence-electron chi connectivity index (χ0n) is 14.7. The minimum Gasteiger partial charge on any atom is -0.336 e. The second-order valence-corrected chi connectivity index (χ2v) is 5.56. The largest absolute Gasteiger partial charge is 0.336 e. The number of thiol groups is 1. The molecule has 126 valence electrons. The van der Waals surface area contributed by atoms with Crippen molar-refractivity contribution in [3.05, 3.63) is 36.0 Å². The van der Waals surface area contributed by atoms with E-state index < -0.39 is 0 Å². The smallest absolute Gasteiger partial charge is 0.246 e. The maximum absolute atomic E-state index is 12.2. The maximum Gasteiger partial charge on any atom is 0.246 e. The molecule has 22 heavy (non-hydrogen) atoms. The molecule has 0 radical (unpaired) electrons. The van der Waals surface area contributed by atoms with E-state index in [1.165, 1.54) is 18.4 Å². The molecule has 0 bridgehead atoms. The van der Waals surface area contributed by atoms with Crippen LogP contribution in [0.1, 0.15) is 59.3 Å². The van der Waals surface area contributed by atoms with Gasteiger partial charge in [-0.1, -0.05) is 49.6 Å². The van der Waals surface area contributed by atoms with E-state index >= 15 is 0 Å². The summed E-state index contributed by atoms with van der Waals surface area (Å²) in [6.07, 6.45) is 18.5. The Bertz CT molecular complexity index is 385. The van der Waals surface area contributed by atoms with Crippen molar-refractivity contribution in [2.24, 2.45) is 0 Å². The van der Waals surface area contributed by atoms with Crippen molar-refractivity contribution in [2.75, 3.05) is 12.8 Å². The zero-order chi connectivity index (χ0) is 16.8. The lowest BCUT2D eigenvalue weighted by Crippen LogP contribution is -2.38. The predicted molar refractivity (Wildman–Crippen MR) is 101 cm³/mol. The van der Waals surface area contributed by atoms with Gasteiger partial charge in [0.25, 0.3) is 0 Å². The highest BCUT2D eigenvalue weighted by Crippen LogP contribution is 2.18. The number of carbonyl (C=O) groups is 1. The molecule has 0 aromatic rings. The van der Waals surface area contributed by atoms with Gasteiger partial charge >= 0.3 is 0 Å². The van der Waals surface area contributed by atoms with Crippen molar-refractivity contribution in [3.8, 4) is 0 Å². The van der Waals surface area contributed by atoms with Gasteiger partial charge in [-0.25, -0.2) is 0 Å². The van der Waals surface area contributed by atoms with Gasteiger partial charge in [-0.15, -0.1) is 0 Å². The third-order valence-corrected chi connectivity index (χ3v) is 3.87. The second kappa shape index (κ2) is 13.7. The van der Waals surface area contributed by atoms with Crippen LogP contribution in [-0.4, -0.2) is 29.6 Å². The second-order valence-electron chi connectivity index (χ2n) is 5.56. The van der Waals surface area contributed by atoms with Gasteiger partial charge in [0.05, 0.1) is 0 Å². The van der Waals surface area contributed by atoms with Crippen molar-refractivity contribution in [1.82, 2.24) is 4.90 Å². The van der Waals surface area contributed by atoms with Crippen molar-refractivity contribution in [3.63, 3.8) is 0 Å². The Labute approximate surface area is 142 Å². The van der Waals surface area contributed by atoms with E-state index in [1.807, 2.05) is 17.9 Å². The Morgan fingerprint density at radius 1 is 1.45 bits per heavy atom. The molecule has 0 aromatic carbocycles.